The average molecular weight is 815 g/mol. The van der Waals surface area contributed by atoms with Crippen LogP contribution in [0.3, 0.4) is 0 Å². The van der Waals surface area contributed by atoms with Crippen LogP contribution in [-0.4, -0.2) is 0 Å². The maximum atomic E-state index is 2.27. The van der Waals surface area contributed by atoms with Crippen molar-refractivity contribution in [1.82, 2.24) is 0 Å². The topological polar surface area (TPSA) is 0 Å². The summed E-state index contributed by atoms with van der Waals surface area (Å²) in [6.07, 6.45) is 0. The maximum Gasteiger partial charge on any atom is 0.0540 e. The zero-order chi connectivity index (χ0) is 42.1. The molecule has 0 saturated heterocycles. The van der Waals surface area contributed by atoms with Crippen LogP contribution in [0.1, 0.15) is 33.4 Å². The first-order valence-electron chi connectivity index (χ1n) is 20.5. The number of fused-ring (bicyclic) bond motifs is 2. The van der Waals surface area contributed by atoms with Gasteiger partial charge in [0.25, 0.3) is 0 Å². The Balaban J connectivity index is 0.000000172. The summed E-state index contributed by atoms with van der Waals surface area (Å²) in [5.74, 6) is 0. The highest BCUT2D eigenvalue weighted by Gasteiger charge is 2.22. The number of rotatable bonds is 3. The van der Waals surface area contributed by atoms with Gasteiger partial charge in [-0.05, 0) is 64.8 Å². The van der Waals surface area contributed by atoms with Gasteiger partial charge in [-0.2, -0.15) is 0 Å². The van der Waals surface area contributed by atoms with Gasteiger partial charge in [-0.25, -0.2) is 0 Å². The summed E-state index contributed by atoms with van der Waals surface area (Å²) in [6.45, 7) is 12.6. The molecule has 2 heterocycles. The predicted octanol–water partition coefficient (Wildman–Crippen LogP) is 17.7. The molecule has 0 nitrogen and oxygen atoms in total. The normalized spacial score (nSPS) is 10.2. The third-order valence-electron chi connectivity index (χ3n) is 9.84. The van der Waals surface area contributed by atoms with Crippen LogP contribution in [0.2, 0.25) is 0 Å². The van der Waals surface area contributed by atoms with E-state index in [0.29, 0.717) is 0 Å². The predicted molar refractivity (Wildman–Crippen MR) is 268 cm³/mol. The molecule has 8 aromatic carbocycles. The third kappa shape index (κ3) is 12.3. The molecule has 0 saturated carbocycles. The number of hydrogen-bond donors (Lipinski definition) is 0. The van der Waals surface area contributed by atoms with Crippen molar-refractivity contribution >= 4 is 42.8 Å². The van der Waals surface area contributed by atoms with Gasteiger partial charge in [0.2, 0.25) is 0 Å². The summed E-state index contributed by atoms with van der Waals surface area (Å²) >= 11 is 3.83. The van der Waals surface area contributed by atoms with E-state index in [1.807, 2.05) is 95.5 Å². The van der Waals surface area contributed by atoms with Crippen LogP contribution in [0.25, 0.3) is 52.2 Å². The highest BCUT2D eigenvalue weighted by molar-refractivity contribution is 7.29. The van der Waals surface area contributed by atoms with E-state index < -0.39 is 0 Å². The molecule has 2 aromatic heterocycles. The van der Waals surface area contributed by atoms with Gasteiger partial charge >= 0.3 is 0 Å². The molecule has 0 aliphatic heterocycles. The Kier molecular flexibility index (Phi) is 16.0. The molecule has 10 rings (SSSR count). The zero-order valence-electron chi connectivity index (χ0n) is 35.6. The molecule has 0 N–H and O–H groups in total. The first-order chi connectivity index (χ1) is 29.3. The van der Waals surface area contributed by atoms with Crippen LogP contribution in [0.4, 0.5) is 0 Å². The van der Waals surface area contributed by atoms with Gasteiger partial charge in [-0.3, -0.25) is 0 Å². The molecule has 0 spiro atoms. The van der Waals surface area contributed by atoms with E-state index >= 15 is 0 Å². The smallest absolute Gasteiger partial charge is 0.0540 e. The molecule has 10 aromatic rings. The van der Waals surface area contributed by atoms with E-state index in [9.17, 15) is 0 Å². The molecule has 0 aliphatic carbocycles. The lowest BCUT2D eigenvalue weighted by Crippen LogP contribution is -1.83. The lowest BCUT2D eigenvalue weighted by Gasteiger charge is -2.09. The Bertz CT molecular complexity index is 2490. The minimum Gasteiger partial charge on any atom is -0.134 e. The lowest BCUT2D eigenvalue weighted by molar-refractivity contribution is 1.47. The van der Waals surface area contributed by atoms with Crippen molar-refractivity contribution in [3.63, 3.8) is 0 Å². The van der Waals surface area contributed by atoms with Crippen LogP contribution in [0.15, 0.2) is 218 Å². The van der Waals surface area contributed by atoms with Crippen molar-refractivity contribution in [1.29, 1.82) is 0 Å². The highest BCUT2D eigenvalue weighted by Crippen LogP contribution is 2.52. The second-order valence-electron chi connectivity index (χ2n) is 15.0. The van der Waals surface area contributed by atoms with Gasteiger partial charge in [0.05, 0.1) is 9.75 Å². The van der Waals surface area contributed by atoms with Gasteiger partial charge in [0.15, 0.2) is 0 Å². The fraction of sp³-hybridized carbons (Fsp3) is 0.103. The van der Waals surface area contributed by atoms with Crippen LogP contribution >= 0.6 is 22.7 Å². The molecule has 0 radical (unpaired) electrons. The molecule has 298 valence electrons. The van der Waals surface area contributed by atoms with E-state index in [1.165, 1.54) is 85.6 Å². The Labute approximate surface area is 366 Å². The molecule has 0 bridgehead atoms. The van der Waals surface area contributed by atoms with Crippen molar-refractivity contribution in [2.75, 3.05) is 0 Å². The van der Waals surface area contributed by atoms with Crippen LogP contribution < -0.4 is 0 Å². The molecule has 2 heteroatoms. The van der Waals surface area contributed by atoms with Crippen LogP contribution in [0, 0.1) is 41.5 Å². The van der Waals surface area contributed by atoms with Crippen molar-refractivity contribution in [3.8, 4) is 32.0 Å². The van der Waals surface area contributed by atoms with E-state index in [0.717, 1.165) is 0 Å². The van der Waals surface area contributed by atoms with Gasteiger partial charge in [0, 0.05) is 31.3 Å². The van der Waals surface area contributed by atoms with Gasteiger partial charge in [-0.15, -0.1) is 22.7 Å². The average Bonchev–Trinajstić information content (AvgIpc) is 3.86. The van der Waals surface area contributed by atoms with Crippen molar-refractivity contribution in [3.05, 3.63) is 252 Å². The summed E-state index contributed by atoms with van der Waals surface area (Å²) in [5.41, 5.74) is 13.1. The Morgan fingerprint density at radius 1 is 0.233 bits per heavy atom. The van der Waals surface area contributed by atoms with Gasteiger partial charge < -0.3 is 0 Å². The van der Waals surface area contributed by atoms with Crippen LogP contribution in [0.5, 0.6) is 0 Å². The maximum absolute atomic E-state index is 2.27. The van der Waals surface area contributed by atoms with E-state index in [-0.39, 0.29) is 0 Å². The zero-order valence-corrected chi connectivity index (χ0v) is 37.2. The minimum atomic E-state index is 1.29. The van der Waals surface area contributed by atoms with Gasteiger partial charge in [0.1, 0.15) is 0 Å². The Morgan fingerprint density at radius 2 is 0.467 bits per heavy atom. The van der Waals surface area contributed by atoms with Crippen molar-refractivity contribution in [2.45, 2.75) is 41.5 Å². The van der Waals surface area contributed by atoms with E-state index in [1.54, 1.807) is 0 Å². The summed E-state index contributed by atoms with van der Waals surface area (Å²) in [6, 6.07) is 76.6. The SMILES string of the molecule is Cc1ccc(-c2c(-c3sc4ccccc4c3-c3ccc(C)cc3)sc3ccccc23)cc1.Cc1ccccc1.Cc1ccccc1.Cc1ccccc1.Cc1ccccc1. The minimum absolute atomic E-state index is 1.29. The second-order valence-corrected chi connectivity index (χ2v) is 17.1. The van der Waals surface area contributed by atoms with E-state index in [2.05, 4.69) is 187 Å². The summed E-state index contributed by atoms with van der Waals surface area (Å²) in [4.78, 5) is 2.73. The fourth-order valence-electron chi connectivity index (χ4n) is 6.56. The summed E-state index contributed by atoms with van der Waals surface area (Å²) < 4.78 is 2.68. The molecule has 0 amide bonds. The lowest BCUT2D eigenvalue weighted by atomic mass is 9.96. The third-order valence-corrected chi connectivity index (χ3v) is 12.3. The number of benzene rings is 8. The van der Waals surface area contributed by atoms with E-state index in [4.69, 9.17) is 0 Å². The monoisotopic (exact) mass is 814 g/mol. The molecule has 0 unspecified atom stereocenters. The second kappa shape index (κ2) is 22.2. The Morgan fingerprint density at radius 3 is 0.717 bits per heavy atom. The highest BCUT2D eigenvalue weighted by atomic mass is 32.1. The molecule has 0 fully saturated rings. The standard InChI is InChI=1S/C30H22S2.4C7H8/c1-19-11-15-21(16-12-19)27-23-7-3-5-9-25(23)31-29(27)30-28(22-17-13-20(2)14-18-22)24-8-4-6-10-26(24)32-30;4*1-7-5-3-2-4-6-7/h3-18H,1-2H3;4*2-6H,1H3. The summed E-state index contributed by atoms with van der Waals surface area (Å²) in [5, 5.41) is 2.67. The first kappa shape index (κ1) is 43.3. The number of aryl methyl sites for hydroxylation is 6. The molecular formula is C58H54S2. The number of thiophene rings is 2. The first-order valence-corrected chi connectivity index (χ1v) is 22.1. The molecule has 0 aliphatic rings. The summed E-state index contributed by atoms with van der Waals surface area (Å²) in [7, 11) is 0. The molecule has 60 heavy (non-hydrogen) atoms. The van der Waals surface area contributed by atoms with Gasteiger partial charge in [-0.1, -0.05) is 240 Å². The Hall–Kier alpha value is -6.32. The van der Waals surface area contributed by atoms with Crippen molar-refractivity contribution in [2.24, 2.45) is 0 Å². The quantitative estimate of drug-likeness (QED) is 0.167. The largest absolute Gasteiger partial charge is 0.134 e. The molecule has 0 atom stereocenters. The van der Waals surface area contributed by atoms with Crippen molar-refractivity contribution < 1.29 is 0 Å². The number of hydrogen-bond acceptors (Lipinski definition) is 2. The fourth-order valence-corrected chi connectivity index (χ4v) is 9.15. The molecular weight excluding hydrogens is 761 g/mol. The van der Waals surface area contributed by atoms with Crippen LogP contribution in [-0.2, 0) is 0 Å².